The number of hydrogen-bond donors (Lipinski definition) is 1. The topological polar surface area (TPSA) is 92.9 Å². The molecule has 2 aliphatic heterocycles. The van der Waals surface area contributed by atoms with Crippen LogP contribution < -0.4 is 10.6 Å². The van der Waals surface area contributed by atoms with E-state index in [2.05, 4.69) is 0 Å². The van der Waals surface area contributed by atoms with Crippen molar-refractivity contribution in [3.8, 4) is 0 Å². The number of nitrogens with zero attached hydrogens (tertiary/aromatic N) is 2. The van der Waals surface area contributed by atoms with E-state index in [0.717, 1.165) is 6.42 Å². The van der Waals surface area contributed by atoms with Gasteiger partial charge in [-0.05, 0) is 24.6 Å². The first-order chi connectivity index (χ1) is 10.5. The molecule has 2 saturated heterocycles. The highest BCUT2D eigenvalue weighted by Crippen LogP contribution is 2.30. The number of benzene rings is 1. The molecule has 1 aromatic carbocycles. The second-order valence-electron chi connectivity index (χ2n) is 5.39. The molecule has 22 heavy (non-hydrogen) atoms. The molecule has 0 unspecified atom stereocenters. The van der Waals surface area contributed by atoms with E-state index in [9.17, 15) is 13.2 Å². The molecule has 0 radical (unpaired) electrons. The van der Waals surface area contributed by atoms with Crippen molar-refractivity contribution < 1.29 is 17.9 Å². The standard InChI is InChI=1S/C14H19N3O4S/c15-12-10-11(22(19,20)16-6-8-21-9-7-16)3-4-13(12)17-5-1-2-14(17)18/h3-4,10H,1-2,5-9,15H2. The third-order valence-electron chi connectivity index (χ3n) is 3.97. The van der Waals surface area contributed by atoms with E-state index in [0.29, 0.717) is 50.6 Å². The first-order valence-electron chi connectivity index (χ1n) is 7.28. The Bertz CT molecular complexity index is 683. The van der Waals surface area contributed by atoms with Crippen molar-refractivity contribution in [1.29, 1.82) is 0 Å². The molecule has 1 aromatic rings. The highest BCUT2D eigenvalue weighted by Gasteiger charge is 2.28. The minimum absolute atomic E-state index is 0.0236. The van der Waals surface area contributed by atoms with Gasteiger partial charge in [0.15, 0.2) is 0 Å². The number of anilines is 2. The van der Waals surface area contributed by atoms with Gasteiger partial charge in [0, 0.05) is 26.1 Å². The van der Waals surface area contributed by atoms with Gasteiger partial charge in [-0.2, -0.15) is 4.31 Å². The molecule has 1 amide bonds. The maximum atomic E-state index is 12.6. The van der Waals surface area contributed by atoms with Crippen molar-refractivity contribution in [2.75, 3.05) is 43.5 Å². The van der Waals surface area contributed by atoms with Crippen LogP contribution in [0.4, 0.5) is 11.4 Å². The SMILES string of the molecule is Nc1cc(S(=O)(=O)N2CCOCC2)ccc1N1CCCC1=O. The quantitative estimate of drug-likeness (QED) is 0.813. The van der Waals surface area contributed by atoms with Gasteiger partial charge < -0.3 is 15.4 Å². The number of carbonyl (C=O) groups is 1. The molecule has 0 bridgehead atoms. The summed E-state index contributed by atoms with van der Waals surface area (Å²) in [6.07, 6.45) is 1.30. The first kappa shape index (κ1) is 15.3. The van der Waals surface area contributed by atoms with Crippen LogP contribution in [-0.2, 0) is 19.6 Å². The van der Waals surface area contributed by atoms with Crippen molar-refractivity contribution in [3.63, 3.8) is 0 Å². The summed E-state index contributed by atoms with van der Waals surface area (Å²) in [5.41, 5.74) is 6.88. The van der Waals surface area contributed by atoms with Crippen LogP contribution in [0.1, 0.15) is 12.8 Å². The Morgan fingerprint density at radius 1 is 1.14 bits per heavy atom. The summed E-state index contributed by atoms with van der Waals surface area (Å²) in [4.78, 5) is 13.6. The van der Waals surface area contributed by atoms with Gasteiger partial charge in [-0.15, -0.1) is 0 Å². The van der Waals surface area contributed by atoms with Gasteiger partial charge in [-0.25, -0.2) is 8.42 Å². The third-order valence-corrected chi connectivity index (χ3v) is 5.87. The largest absolute Gasteiger partial charge is 0.397 e. The molecule has 2 N–H and O–H groups in total. The Kier molecular flexibility index (Phi) is 4.07. The average Bonchev–Trinajstić information content (AvgIpc) is 2.94. The Morgan fingerprint density at radius 2 is 1.86 bits per heavy atom. The molecule has 7 nitrogen and oxygen atoms in total. The molecular formula is C14H19N3O4S. The normalized spacial score (nSPS) is 20.5. The van der Waals surface area contributed by atoms with Crippen LogP contribution in [0.15, 0.2) is 23.1 Å². The molecule has 2 fully saturated rings. The molecule has 2 heterocycles. The predicted octanol–water partition coefficient (Wildman–Crippen LogP) is 0.416. The molecule has 0 spiro atoms. The lowest BCUT2D eigenvalue weighted by molar-refractivity contribution is -0.117. The molecule has 2 aliphatic rings. The van der Waals surface area contributed by atoms with Gasteiger partial charge in [0.2, 0.25) is 15.9 Å². The van der Waals surface area contributed by atoms with Gasteiger partial charge in [0.1, 0.15) is 0 Å². The Labute approximate surface area is 129 Å². The first-order valence-corrected chi connectivity index (χ1v) is 8.72. The van der Waals surface area contributed by atoms with Gasteiger partial charge >= 0.3 is 0 Å². The van der Waals surface area contributed by atoms with Crippen LogP contribution in [0.5, 0.6) is 0 Å². The van der Waals surface area contributed by atoms with Gasteiger partial charge in [0.25, 0.3) is 0 Å². The fraction of sp³-hybridized carbons (Fsp3) is 0.500. The van der Waals surface area contributed by atoms with E-state index in [1.807, 2.05) is 0 Å². The van der Waals surface area contributed by atoms with Crippen molar-refractivity contribution in [2.45, 2.75) is 17.7 Å². The Hall–Kier alpha value is -1.64. The molecule has 0 atom stereocenters. The number of hydrogen-bond acceptors (Lipinski definition) is 5. The minimum Gasteiger partial charge on any atom is -0.397 e. The summed E-state index contributed by atoms with van der Waals surface area (Å²) in [6.45, 7) is 2.10. The maximum absolute atomic E-state index is 12.6. The van der Waals surface area contributed by atoms with Crippen molar-refractivity contribution in [1.82, 2.24) is 4.31 Å². The van der Waals surface area contributed by atoms with Crippen LogP contribution in [0.2, 0.25) is 0 Å². The number of nitrogens with two attached hydrogens (primary N) is 1. The Morgan fingerprint density at radius 3 is 2.45 bits per heavy atom. The average molecular weight is 325 g/mol. The zero-order valence-corrected chi connectivity index (χ0v) is 13.0. The summed E-state index contributed by atoms with van der Waals surface area (Å²) in [5, 5.41) is 0. The number of morpholine rings is 1. The number of carbonyl (C=O) groups excluding carboxylic acids is 1. The molecular weight excluding hydrogens is 306 g/mol. The number of nitrogen functional groups attached to an aromatic ring is 1. The van der Waals surface area contributed by atoms with E-state index in [1.54, 1.807) is 11.0 Å². The summed E-state index contributed by atoms with van der Waals surface area (Å²) < 4.78 is 31.7. The van der Waals surface area contributed by atoms with Gasteiger partial charge in [-0.3, -0.25) is 4.79 Å². The molecule has 120 valence electrons. The van der Waals surface area contributed by atoms with Crippen LogP contribution in [0.3, 0.4) is 0 Å². The monoisotopic (exact) mass is 325 g/mol. The summed E-state index contributed by atoms with van der Waals surface area (Å²) in [6, 6.07) is 4.57. The zero-order valence-electron chi connectivity index (χ0n) is 12.2. The zero-order chi connectivity index (χ0) is 15.7. The minimum atomic E-state index is -3.57. The van der Waals surface area contributed by atoms with E-state index < -0.39 is 10.0 Å². The second-order valence-corrected chi connectivity index (χ2v) is 7.32. The highest BCUT2D eigenvalue weighted by molar-refractivity contribution is 7.89. The smallest absolute Gasteiger partial charge is 0.243 e. The lowest BCUT2D eigenvalue weighted by Crippen LogP contribution is -2.40. The van der Waals surface area contributed by atoms with E-state index in [4.69, 9.17) is 10.5 Å². The van der Waals surface area contributed by atoms with Crippen LogP contribution >= 0.6 is 0 Å². The number of sulfonamides is 1. The van der Waals surface area contributed by atoms with Crippen molar-refractivity contribution >= 4 is 27.3 Å². The Balaban J connectivity index is 1.89. The fourth-order valence-electron chi connectivity index (χ4n) is 2.78. The van der Waals surface area contributed by atoms with Crippen LogP contribution in [0.25, 0.3) is 0 Å². The fourth-order valence-corrected chi connectivity index (χ4v) is 4.22. The number of amides is 1. The summed E-state index contributed by atoms with van der Waals surface area (Å²) in [5.74, 6) is 0.0236. The number of ether oxygens (including phenoxy) is 1. The van der Waals surface area contributed by atoms with Gasteiger partial charge in [-0.1, -0.05) is 0 Å². The molecule has 0 saturated carbocycles. The van der Waals surface area contributed by atoms with E-state index in [1.165, 1.54) is 16.4 Å². The van der Waals surface area contributed by atoms with Crippen LogP contribution in [-0.4, -0.2) is 51.5 Å². The van der Waals surface area contributed by atoms with E-state index in [-0.39, 0.29) is 10.8 Å². The molecule has 0 aliphatic carbocycles. The predicted molar refractivity (Wildman–Crippen MR) is 82.0 cm³/mol. The molecule has 3 rings (SSSR count). The summed E-state index contributed by atoms with van der Waals surface area (Å²) >= 11 is 0. The lowest BCUT2D eigenvalue weighted by Gasteiger charge is -2.26. The van der Waals surface area contributed by atoms with Crippen LogP contribution in [0, 0.1) is 0 Å². The maximum Gasteiger partial charge on any atom is 0.243 e. The van der Waals surface area contributed by atoms with Crippen molar-refractivity contribution in [2.24, 2.45) is 0 Å². The second kappa shape index (κ2) is 5.86. The summed E-state index contributed by atoms with van der Waals surface area (Å²) in [7, 11) is -3.57. The van der Waals surface area contributed by atoms with Gasteiger partial charge in [0.05, 0.1) is 29.5 Å². The molecule has 8 heteroatoms. The number of rotatable bonds is 3. The third kappa shape index (κ3) is 2.69. The van der Waals surface area contributed by atoms with Crippen molar-refractivity contribution in [3.05, 3.63) is 18.2 Å². The lowest BCUT2D eigenvalue weighted by atomic mass is 10.2. The van der Waals surface area contributed by atoms with E-state index >= 15 is 0 Å². The highest BCUT2D eigenvalue weighted by atomic mass is 32.2. The molecule has 0 aromatic heterocycles.